The average Bonchev–Trinajstić information content (AvgIpc) is 2.57. The molecule has 0 spiro atoms. The van der Waals surface area contributed by atoms with E-state index in [1.807, 2.05) is 0 Å². The highest BCUT2D eigenvalue weighted by Crippen LogP contribution is 2.11. The van der Waals surface area contributed by atoms with Crippen LogP contribution in [0.5, 0.6) is 0 Å². The molecular formula is C20H42O5. The van der Waals surface area contributed by atoms with Crippen molar-refractivity contribution < 1.29 is 24.9 Å². The summed E-state index contributed by atoms with van der Waals surface area (Å²) >= 11 is 0. The summed E-state index contributed by atoms with van der Waals surface area (Å²) in [5.74, 6) is -0.657. The van der Waals surface area contributed by atoms with E-state index in [1.54, 1.807) is 13.8 Å². The van der Waals surface area contributed by atoms with E-state index in [0.29, 0.717) is 13.0 Å². The Labute approximate surface area is 154 Å². The maximum atomic E-state index is 10.3. The van der Waals surface area contributed by atoms with Crippen LogP contribution in [-0.4, -0.2) is 46.7 Å². The minimum absolute atomic E-state index is 0.00667. The number of rotatable bonds is 16. The molecule has 2 atom stereocenters. The summed E-state index contributed by atoms with van der Waals surface area (Å²) in [4.78, 5) is 10.3. The Kier molecular flexibility index (Phi) is 22.7. The fourth-order valence-electron chi connectivity index (χ4n) is 2.30. The van der Waals surface area contributed by atoms with Crippen LogP contribution in [0.25, 0.3) is 0 Å². The van der Waals surface area contributed by atoms with Crippen LogP contribution in [0.2, 0.25) is 0 Å². The standard InChI is InChI=1S/C14H28O2.C6H14O3/c1-2-3-4-5-6-7-8-9-10-11-12-13-14(15)16;1-5(8)4-9-6(2)3-7/h2-13H2,1H3,(H,15,16);5-8H,3-4H2,1-2H3. The number of carboxylic acids is 1. The van der Waals surface area contributed by atoms with E-state index in [4.69, 9.17) is 20.1 Å². The van der Waals surface area contributed by atoms with Crippen molar-refractivity contribution in [2.24, 2.45) is 0 Å². The SMILES string of the molecule is CC(O)COC(C)CO.CCCCCCCCCCCCCC(=O)O. The van der Waals surface area contributed by atoms with Gasteiger partial charge in [0.15, 0.2) is 0 Å². The lowest BCUT2D eigenvalue weighted by Crippen LogP contribution is -2.19. The summed E-state index contributed by atoms with van der Waals surface area (Å²) in [6.07, 6.45) is 13.7. The van der Waals surface area contributed by atoms with Gasteiger partial charge in [0, 0.05) is 6.42 Å². The van der Waals surface area contributed by atoms with Crippen LogP contribution >= 0.6 is 0 Å². The summed E-state index contributed by atoms with van der Waals surface area (Å²) < 4.78 is 4.95. The van der Waals surface area contributed by atoms with Gasteiger partial charge < -0.3 is 20.1 Å². The molecule has 0 aliphatic rings. The molecule has 5 nitrogen and oxygen atoms in total. The van der Waals surface area contributed by atoms with Gasteiger partial charge in [0.25, 0.3) is 0 Å². The molecule has 152 valence electrons. The first-order valence-electron chi connectivity index (χ1n) is 10.1. The number of carbonyl (C=O) groups is 1. The molecule has 0 amide bonds. The van der Waals surface area contributed by atoms with Crippen LogP contribution in [0.4, 0.5) is 0 Å². The van der Waals surface area contributed by atoms with E-state index in [9.17, 15) is 4.79 Å². The molecule has 25 heavy (non-hydrogen) atoms. The summed E-state index contributed by atoms with van der Waals surface area (Å²) in [6.45, 7) is 5.94. The lowest BCUT2D eigenvalue weighted by molar-refractivity contribution is -0.137. The van der Waals surface area contributed by atoms with Crippen LogP contribution in [0.1, 0.15) is 97.8 Å². The summed E-state index contributed by atoms with van der Waals surface area (Å²) in [7, 11) is 0. The first-order valence-corrected chi connectivity index (χ1v) is 10.1. The zero-order valence-electron chi connectivity index (χ0n) is 16.7. The molecular weight excluding hydrogens is 320 g/mol. The fourth-order valence-corrected chi connectivity index (χ4v) is 2.30. The number of hydrogen-bond acceptors (Lipinski definition) is 4. The van der Waals surface area contributed by atoms with Gasteiger partial charge in [-0.15, -0.1) is 0 Å². The van der Waals surface area contributed by atoms with Crippen molar-refractivity contribution in [3.63, 3.8) is 0 Å². The van der Waals surface area contributed by atoms with Crippen molar-refractivity contribution in [1.82, 2.24) is 0 Å². The van der Waals surface area contributed by atoms with Gasteiger partial charge in [0.2, 0.25) is 0 Å². The molecule has 0 saturated carbocycles. The van der Waals surface area contributed by atoms with Crippen LogP contribution in [-0.2, 0) is 9.53 Å². The number of aliphatic carboxylic acids is 1. The number of ether oxygens (including phenoxy) is 1. The van der Waals surface area contributed by atoms with Gasteiger partial charge in [0.1, 0.15) is 0 Å². The highest BCUT2D eigenvalue weighted by molar-refractivity contribution is 5.66. The minimum Gasteiger partial charge on any atom is -0.481 e. The smallest absolute Gasteiger partial charge is 0.303 e. The highest BCUT2D eigenvalue weighted by Gasteiger charge is 2.00. The third-order valence-corrected chi connectivity index (χ3v) is 3.87. The van der Waals surface area contributed by atoms with Crippen LogP contribution in [0, 0.1) is 0 Å². The van der Waals surface area contributed by atoms with Crippen molar-refractivity contribution in [2.45, 2.75) is 110 Å². The summed E-state index contributed by atoms with van der Waals surface area (Å²) in [6, 6.07) is 0. The minimum atomic E-state index is -0.657. The molecule has 0 aromatic carbocycles. The zero-order valence-corrected chi connectivity index (χ0v) is 16.7. The van der Waals surface area contributed by atoms with E-state index >= 15 is 0 Å². The lowest BCUT2D eigenvalue weighted by Gasteiger charge is -2.10. The quantitative estimate of drug-likeness (QED) is 0.351. The second-order valence-corrected chi connectivity index (χ2v) is 6.85. The average molecular weight is 363 g/mol. The Hall–Kier alpha value is -0.650. The predicted octanol–water partition coefficient (Wildman–Crippen LogP) is 4.54. The number of hydrogen-bond donors (Lipinski definition) is 3. The molecule has 0 heterocycles. The van der Waals surface area contributed by atoms with E-state index in [1.165, 1.54) is 57.8 Å². The Morgan fingerprint density at radius 3 is 1.68 bits per heavy atom. The van der Waals surface area contributed by atoms with Crippen molar-refractivity contribution in [3.8, 4) is 0 Å². The molecule has 0 aromatic heterocycles. The zero-order chi connectivity index (χ0) is 19.3. The van der Waals surface area contributed by atoms with E-state index in [-0.39, 0.29) is 12.7 Å². The second-order valence-electron chi connectivity index (χ2n) is 6.85. The van der Waals surface area contributed by atoms with Gasteiger partial charge in [-0.1, -0.05) is 71.1 Å². The third-order valence-electron chi connectivity index (χ3n) is 3.87. The first-order chi connectivity index (χ1) is 11.9. The van der Waals surface area contributed by atoms with E-state index in [0.717, 1.165) is 12.8 Å². The molecule has 5 heteroatoms. The molecule has 0 saturated heterocycles. The molecule has 3 N–H and O–H groups in total. The monoisotopic (exact) mass is 362 g/mol. The van der Waals surface area contributed by atoms with Gasteiger partial charge in [-0.3, -0.25) is 4.79 Å². The number of unbranched alkanes of at least 4 members (excludes halogenated alkanes) is 10. The van der Waals surface area contributed by atoms with Crippen molar-refractivity contribution >= 4 is 5.97 Å². The second kappa shape index (κ2) is 21.4. The van der Waals surface area contributed by atoms with Gasteiger partial charge in [-0.05, 0) is 20.3 Å². The number of aliphatic hydroxyl groups excluding tert-OH is 2. The maximum absolute atomic E-state index is 10.3. The first kappa shape index (κ1) is 26.6. The molecule has 0 radical (unpaired) electrons. The van der Waals surface area contributed by atoms with Gasteiger partial charge >= 0.3 is 5.97 Å². The highest BCUT2D eigenvalue weighted by atomic mass is 16.5. The number of carboxylic acid groups (broad SMARTS) is 1. The lowest BCUT2D eigenvalue weighted by atomic mass is 10.1. The molecule has 2 unspecified atom stereocenters. The van der Waals surface area contributed by atoms with Crippen molar-refractivity contribution in [3.05, 3.63) is 0 Å². The van der Waals surface area contributed by atoms with Crippen LogP contribution in [0.15, 0.2) is 0 Å². The maximum Gasteiger partial charge on any atom is 0.303 e. The Bertz CT molecular complexity index is 269. The summed E-state index contributed by atoms with van der Waals surface area (Å²) in [5, 5.41) is 25.6. The molecule has 0 rings (SSSR count). The summed E-state index contributed by atoms with van der Waals surface area (Å²) in [5.41, 5.74) is 0. The largest absolute Gasteiger partial charge is 0.481 e. The molecule has 0 fully saturated rings. The van der Waals surface area contributed by atoms with Crippen molar-refractivity contribution in [2.75, 3.05) is 13.2 Å². The molecule has 0 aromatic rings. The van der Waals surface area contributed by atoms with E-state index in [2.05, 4.69) is 6.92 Å². The number of aliphatic hydroxyl groups is 2. The fraction of sp³-hybridized carbons (Fsp3) is 0.950. The normalized spacial score (nSPS) is 13.0. The van der Waals surface area contributed by atoms with Crippen LogP contribution in [0.3, 0.4) is 0 Å². The molecule has 0 aliphatic carbocycles. The predicted molar refractivity (Wildman–Crippen MR) is 103 cm³/mol. The Balaban J connectivity index is 0. The Morgan fingerprint density at radius 2 is 1.32 bits per heavy atom. The van der Waals surface area contributed by atoms with Gasteiger partial charge in [0.05, 0.1) is 25.4 Å². The van der Waals surface area contributed by atoms with Crippen LogP contribution < -0.4 is 0 Å². The van der Waals surface area contributed by atoms with E-state index < -0.39 is 12.1 Å². The molecule has 0 bridgehead atoms. The third kappa shape index (κ3) is 28.4. The van der Waals surface area contributed by atoms with Gasteiger partial charge in [-0.25, -0.2) is 0 Å². The van der Waals surface area contributed by atoms with Gasteiger partial charge in [-0.2, -0.15) is 0 Å². The molecule has 0 aliphatic heterocycles. The topological polar surface area (TPSA) is 87.0 Å². The van der Waals surface area contributed by atoms with Crippen molar-refractivity contribution in [1.29, 1.82) is 0 Å². The Morgan fingerprint density at radius 1 is 0.880 bits per heavy atom.